The summed E-state index contributed by atoms with van der Waals surface area (Å²) in [6.07, 6.45) is 1.36. The highest BCUT2D eigenvalue weighted by molar-refractivity contribution is 9.10. The van der Waals surface area contributed by atoms with Crippen LogP contribution in [0, 0.1) is 13.8 Å². The van der Waals surface area contributed by atoms with Gasteiger partial charge in [0.2, 0.25) is 0 Å². The van der Waals surface area contributed by atoms with Crippen molar-refractivity contribution < 1.29 is 33.4 Å². The first kappa shape index (κ1) is 25.0. The molecule has 2 aromatic carbocycles. The van der Waals surface area contributed by atoms with Crippen molar-refractivity contribution in [1.82, 2.24) is 5.32 Å². The molecule has 10 heteroatoms. The first-order valence-electron chi connectivity index (χ1n) is 10.3. The summed E-state index contributed by atoms with van der Waals surface area (Å²) >= 11 is 3.39. The Hall–Kier alpha value is -3.66. The fraction of sp³-hybridized carbons (Fsp3) is 0.250. The lowest BCUT2D eigenvalue weighted by Crippen LogP contribution is -2.54. The maximum atomic E-state index is 13.2. The summed E-state index contributed by atoms with van der Waals surface area (Å²) in [5.41, 5.74) is 2.45. The summed E-state index contributed by atoms with van der Waals surface area (Å²) in [5.74, 6) is -1.57. The molecule has 0 aliphatic carbocycles. The number of barbiturate groups is 1. The third kappa shape index (κ3) is 5.28. The van der Waals surface area contributed by atoms with Crippen molar-refractivity contribution in [3.8, 4) is 11.5 Å². The molecule has 1 aliphatic heterocycles. The molecule has 0 unspecified atom stereocenters. The zero-order valence-corrected chi connectivity index (χ0v) is 20.6. The monoisotopic (exact) mass is 530 g/mol. The number of carbonyl (C=O) groups excluding carboxylic acids is 4. The number of hydrogen-bond acceptors (Lipinski definition) is 7. The fourth-order valence-electron chi connectivity index (χ4n) is 3.15. The number of nitrogens with one attached hydrogen (secondary N) is 1. The average Bonchev–Trinajstić information content (AvgIpc) is 2.79. The van der Waals surface area contributed by atoms with E-state index in [1.54, 1.807) is 37.3 Å². The maximum absolute atomic E-state index is 13.2. The molecular formula is C24H23BrN2O7. The molecule has 1 fully saturated rings. The number of anilines is 1. The Bertz CT molecular complexity index is 1210. The van der Waals surface area contributed by atoms with Gasteiger partial charge in [0.05, 0.1) is 19.4 Å². The lowest BCUT2D eigenvalue weighted by atomic mass is 10.0. The van der Waals surface area contributed by atoms with Gasteiger partial charge in [-0.3, -0.25) is 14.9 Å². The van der Waals surface area contributed by atoms with Crippen LogP contribution >= 0.6 is 15.9 Å². The molecule has 2 aromatic rings. The number of nitrogens with zero attached hydrogens (tertiary/aromatic N) is 1. The number of halogens is 1. The molecule has 0 radical (unpaired) electrons. The Balaban J connectivity index is 2.00. The summed E-state index contributed by atoms with van der Waals surface area (Å²) in [7, 11) is 1.25. The van der Waals surface area contributed by atoms with Crippen molar-refractivity contribution in [2.75, 3.05) is 25.2 Å². The van der Waals surface area contributed by atoms with Crippen LogP contribution in [0.25, 0.3) is 6.08 Å². The van der Waals surface area contributed by atoms with Crippen LogP contribution in [0.5, 0.6) is 11.5 Å². The predicted octanol–water partition coefficient (Wildman–Crippen LogP) is 3.68. The Morgan fingerprint density at radius 1 is 1.06 bits per heavy atom. The number of aryl methyl sites for hydroxylation is 2. The van der Waals surface area contributed by atoms with Crippen molar-refractivity contribution >= 4 is 51.5 Å². The molecular weight excluding hydrogens is 508 g/mol. The van der Waals surface area contributed by atoms with Gasteiger partial charge >= 0.3 is 12.0 Å². The van der Waals surface area contributed by atoms with Crippen molar-refractivity contribution in [2.24, 2.45) is 0 Å². The van der Waals surface area contributed by atoms with E-state index in [9.17, 15) is 19.2 Å². The quantitative estimate of drug-likeness (QED) is 0.330. The molecule has 0 bridgehead atoms. The molecule has 0 spiro atoms. The van der Waals surface area contributed by atoms with E-state index in [1.807, 2.05) is 13.8 Å². The van der Waals surface area contributed by atoms with Gasteiger partial charge in [-0.25, -0.2) is 14.5 Å². The van der Waals surface area contributed by atoms with Crippen LogP contribution in [-0.4, -0.2) is 44.1 Å². The van der Waals surface area contributed by atoms with Crippen LogP contribution in [0.15, 0.2) is 40.4 Å². The van der Waals surface area contributed by atoms with Crippen LogP contribution in [0.3, 0.4) is 0 Å². The Labute approximate surface area is 204 Å². The number of benzene rings is 2. The minimum atomic E-state index is -0.823. The number of urea groups is 1. The first-order chi connectivity index (χ1) is 16.2. The summed E-state index contributed by atoms with van der Waals surface area (Å²) in [4.78, 5) is 50.6. The van der Waals surface area contributed by atoms with Crippen molar-refractivity contribution in [3.05, 3.63) is 57.1 Å². The van der Waals surface area contributed by atoms with Crippen molar-refractivity contribution in [2.45, 2.75) is 20.8 Å². The summed E-state index contributed by atoms with van der Waals surface area (Å²) in [5, 5.41) is 2.21. The smallest absolute Gasteiger partial charge is 0.343 e. The minimum Gasteiger partial charge on any atom is -0.490 e. The molecule has 0 saturated carbocycles. The van der Waals surface area contributed by atoms with E-state index in [4.69, 9.17) is 9.47 Å². The molecule has 0 aromatic heterocycles. The van der Waals surface area contributed by atoms with Crippen LogP contribution < -0.4 is 19.7 Å². The maximum Gasteiger partial charge on any atom is 0.343 e. The molecule has 34 heavy (non-hydrogen) atoms. The number of rotatable bonds is 7. The highest BCUT2D eigenvalue weighted by Crippen LogP contribution is 2.35. The van der Waals surface area contributed by atoms with Gasteiger partial charge in [0.25, 0.3) is 11.8 Å². The lowest BCUT2D eigenvalue weighted by Gasteiger charge is -2.27. The zero-order valence-electron chi connectivity index (χ0n) is 19.1. The van der Waals surface area contributed by atoms with Crippen molar-refractivity contribution in [1.29, 1.82) is 0 Å². The summed E-state index contributed by atoms with van der Waals surface area (Å²) in [6, 6.07) is 7.43. The van der Waals surface area contributed by atoms with E-state index in [2.05, 4.69) is 26.0 Å². The minimum absolute atomic E-state index is 0.232. The average molecular weight is 531 g/mol. The second-order valence-corrected chi connectivity index (χ2v) is 8.20. The van der Waals surface area contributed by atoms with Gasteiger partial charge in [-0.1, -0.05) is 22.0 Å². The van der Waals surface area contributed by atoms with E-state index in [0.29, 0.717) is 28.1 Å². The third-order valence-corrected chi connectivity index (χ3v) is 5.77. The number of ether oxygens (including phenoxy) is 3. The van der Waals surface area contributed by atoms with E-state index < -0.39 is 23.8 Å². The van der Waals surface area contributed by atoms with Gasteiger partial charge in [0.1, 0.15) is 5.57 Å². The van der Waals surface area contributed by atoms with E-state index in [1.165, 1.54) is 13.2 Å². The molecule has 1 N–H and O–H groups in total. The summed E-state index contributed by atoms with van der Waals surface area (Å²) in [6.45, 7) is 5.54. The Morgan fingerprint density at radius 3 is 2.41 bits per heavy atom. The van der Waals surface area contributed by atoms with Crippen LogP contribution in [0.2, 0.25) is 0 Å². The normalized spacial score (nSPS) is 14.8. The largest absolute Gasteiger partial charge is 0.490 e. The number of esters is 1. The predicted molar refractivity (Wildman–Crippen MR) is 128 cm³/mol. The number of carbonyl (C=O) groups is 4. The van der Waals surface area contributed by atoms with Crippen LogP contribution in [0.1, 0.15) is 23.6 Å². The van der Waals surface area contributed by atoms with E-state index in [-0.39, 0.29) is 17.9 Å². The molecule has 3 rings (SSSR count). The molecule has 9 nitrogen and oxygen atoms in total. The zero-order chi connectivity index (χ0) is 25.0. The van der Waals surface area contributed by atoms with E-state index >= 15 is 0 Å². The van der Waals surface area contributed by atoms with Gasteiger partial charge in [-0.2, -0.15) is 0 Å². The number of methoxy groups -OCH3 is 1. The van der Waals surface area contributed by atoms with Crippen LogP contribution in [-0.2, 0) is 19.1 Å². The Morgan fingerprint density at radius 2 is 1.76 bits per heavy atom. The first-order valence-corrected chi connectivity index (χ1v) is 11.1. The SMILES string of the molecule is CCOc1cc(/C=C2\C(=O)NC(=O)N(c3ccc(C)c(C)c3)C2=O)c(Br)cc1OCC(=O)OC. The van der Waals surface area contributed by atoms with E-state index in [0.717, 1.165) is 16.0 Å². The van der Waals surface area contributed by atoms with Crippen LogP contribution in [0.4, 0.5) is 10.5 Å². The fourth-order valence-corrected chi connectivity index (χ4v) is 3.59. The second-order valence-electron chi connectivity index (χ2n) is 7.34. The molecule has 1 saturated heterocycles. The number of amides is 4. The molecule has 0 atom stereocenters. The number of hydrogen-bond donors (Lipinski definition) is 1. The number of imide groups is 2. The summed E-state index contributed by atoms with van der Waals surface area (Å²) < 4.78 is 16.1. The standard InChI is InChI=1S/C24H23BrN2O7/c1-5-33-19-10-15(18(25)11-20(19)34-12-21(28)32-4)9-17-22(29)26-24(31)27(23(17)30)16-7-6-13(2)14(3)8-16/h6-11H,5,12H2,1-4H3,(H,26,29,31)/b17-9+. The van der Waals surface area contributed by atoms with Gasteiger partial charge in [-0.05, 0) is 67.8 Å². The molecule has 1 heterocycles. The topological polar surface area (TPSA) is 111 Å². The lowest BCUT2D eigenvalue weighted by molar-refractivity contribution is -0.143. The molecule has 178 valence electrons. The second kappa shape index (κ2) is 10.5. The van der Waals surface area contributed by atoms with Gasteiger partial charge < -0.3 is 14.2 Å². The van der Waals surface area contributed by atoms with Gasteiger partial charge in [0, 0.05) is 4.47 Å². The van der Waals surface area contributed by atoms with Gasteiger partial charge in [-0.15, -0.1) is 0 Å². The third-order valence-electron chi connectivity index (χ3n) is 5.09. The van der Waals surface area contributed by atoms with Gasteiger partial charge in [0.15, 0.2) is 18.1 Å². The highest BCUT2D eigenvalue weighted by atomic mass is 79.9. The molecule has 1 aliphatic rings. The Kier molecular flexibility index (Phi) is 7.72. The van der Waals surface area contributed by atoms with Crippen molar-refractivity contribution in [3.63, 3.8) is 0 Å². The molecule has 4 amide bonds. The highest BCUT2D eigenvalue weighted by Gasteiger charge is 2.37.